The van der Waals surface area contributed by atoms with Gasteiger partial charge in [-0.25, -0.2) is 0 Å². The molecule has 42 heavy (non-hydrogen) atoms. The van der Waals surface area contributed by atoms with E-state index in [1.54, 1.807) is 19.1 Å². The molecule has 1 aromatic carbocycles. The Morgan fingerprint density at radius 2 is 1.88 bits per heavy atom. The highest BCUT2D eigenvalue weighted by atomic mass is 35.5. The maximum absolute atomic E-state index is 13.6. The van der Waals surface area contributed by atoms with Crippen LogP contribution in [0.1, 0.15) is 74.0 Å². The molecule has 3 aliphatic rings. The summed E-state index contributed by atoms with van der Waals surface area (Å²) in [6, 6.07) is 6.30. The van der Waals surface area contributed by atoms with E-state index < -0.39 is 0 Å². The van der Waals surface area contributed by atoms with Crippen LogP contribution in [0.4, 0.5) is 5.69 Å². The second-order valence-corrected chi connectivity index (χ2v) is 12.4. The third-order valence-electron chi connectivity index (χ3n) is 9.14. The van der Waals surface area contributed by atoms with Crippen molar-refractivity contribution in [3.8, 4) is 11.5 Å². The molecule has 10 heteroatoms. The van der Waals surface area contributed by atoms with Crippen molar-refractivity contribution in [1.82, 2.24) is 15.2 Å². The van der Waals surface area contributed by atoms with Gasteiger partial charge in [0.15, 0.2) is 0 Å². The molecule has 0 atom stereocenters. The lowest BCUT2D eigenvalue weighted by Gasteiger charge is -2.45. The zero-order valence-corrected chi connectivity index (χ0v) is 26.1. The number of halogens is 1. The molecule has 2 aromatic rings. The molecular weight excluding hydrogens is 556 g/mol. The SMILES string of the molecule is CCN(c1cc(O[C@H]2C[C@H](N3CCC(C)CC3)C2)cc(C(=O)NCc2c(OC)cc(C)[nH]c2=O)c1Cl)C1CCOCC1. The van der Waals surface area contributed by atoms with Crippen molar-refractivity contribution in [2.24, 2.45) is 5.92 Å². The number of carbonyl (C=O) groups is 1. The number of likely N-dealkylation sites (tertiary alicyclic amines) is 1. The first-order valence-electron chi connectivity index (χ1n) is 15.4. The molecule has 0 radical (unpaired) electrons. The number of piperidine rings is 1. The van der Waals surface area contributed by atoms with Crippen molar-refractivity contribution < 1.29 is 19.0 Å². The number of rotatable bonds is 10. The average molecular weight is 601 g/mol. The maximum Gasteiger partial charge on any atom is 0.256 e. The molecule has 230 valence electrons. The number of anilines is 1. The lowest BCUT2D eigenvalue weighted by molar-refractivity contribution is 0.00305. The highest BCUT2D eigenvalue weighted by molar-refractivity contribution is 6.36. The summed E-state index contributed by atoms with van der Waals surface area (Å²) in [5.41, 5.74) is 1.87. The Bertz CT molecular complexity index is 1300. The van der Waals surface area contributed by atoms with Gasteiger partial charge in [0.1, 0.15) is 17.6 Å². The number of hydrogen-bond acceptors (Lipinski definition) is 7. The normalized spacial score (nSPS) is 21.9. The number of amides is 1. The van der Waals surface area contributed by atoms with Crippen LogP contribution < -0.4 is 25.2 Å². The minimum Gasteiger partial charge on any atom is -0.496 e. The number of aromatic amines is 1. The number of carbonyl (C=O) groups excluding carboxylic acids is 1. The molecule has 1 amide bonds. The Labute approximate surface area is 253 Å². The van der Waals surface area contributed by atoms with Crippen molar-refractivity contribution in [2.75, 3.05) is 44.9 Å². The predicted molar refractivity (Wildman–Crippen MR) is 165 cm³/mol. The van der Waals surface area contributed by atoms with Crippen LogP contribution in [0, 0.1) is 12.8 Å². The van der Waals surface area contributed by atoms with Gasteiger partial charge >= 0.3 is 0 Å². The van der Waals surface area contributed by atoms with Gasteiger partial charge in [0.25, 0.3) is 11.5 Å². The number of ether oxygens (including phenoxy) is 3. The summed E-state index contributed by atoms with van der Waals surface area (Å²) in [6.45, 7) is 10.7. The van der Waals surface area contributed by atoms with Crippen molar-refractivity contribution in [1.29, 1.82) is 0 Å². The molecule has 0 bridgehead atoms. The van der Waals surface area contributed by atoms with Crippen LogP contribution in [0.2, 0.25) is 5.02 Å². The van der Waals surface area contributed by atoms with Crippen LogP contribution in [0.15, 0.2) is 23.0 Å². The highest BCUT2D eigenvalue weighted by Crippen LogP contribution is 2.39. The van der Waals surface area contributed by atoms with Crippen LogP contribution in [0.5, 0.6) is 11.5 Å². The first-order chi connectivity index (χ1) is 20.3. The second kappa shape index (κ2) is 13.7. The van der Waals surface area contributed by atoms with Gasteiger partial charge in [-0.2, -0.15) is 0 Å². The van der Waals surface area contributed by atoms with Crippen molar-refractivity contribution in [3.63, 3.8) is 0 Å². The fourth-order valence-electron chi connectivity index (χ4n) is 6.47. The fourth-order valence-corrected chi connectivity index (χ4v) is 6.77. The maximum atomic E-state index is 13.6. The van der Waals surface area contributed by atoms with Gasteiger partial charge in [0.2, 0.25) is 0 Å². The topological polar surface area (TPSA) is 96.1 Å². The van der Waals surface area contributed by atoms with Gasteiger partial charge in [-0.1, -0.05) is 18.5 Å². The predicted octanol–water partition coefficient (Wildman–Crippen LogP) is 4.92. The molecule has 2 saturated heterocycles. The number of pyridine rings is 1. The minimum atomic E-state index is -0.370. The van der Waals surface area contributed by atoms with Crippen LogP contribution >= 0.6 is 11.6 Å². The van der Waals surface area contributed by atoms with Gasteiger partial charge in [0, 0.05) is 56.4 Å². The van der Waals surface area contributed by atoms with E-state index in [4.69, 9.17) is 25.8 Å². The van der Waals surface area contributed by atoms with Crippen LogP contribution in [-0.2, 0) is 11.3 Å². The quantitative estimate of drug-likeness (QED) is 0.399. The summed E-state index contributed by atoms with van der Waals surface area (Å²) >= 11 is 6.99. The smallest absolute Gasteiger partial charge is 0.256 e. The second-order valence-electron chi connectivity index (χ2n) is 12.0. The van der Waals surface area contributed by atoms with E-state index in [-0.39, 0.29) is 30.2 Å². The van der Waals surface area contributed by atoms with E-state index in [1.165, 1.54) is 33.0 Å². The van der Waals surface area contributed by atoms with Crippen molar-refractivity contribution in [2.45, 2.75) is 84.0 Å². The Morgan fingerprint density at radius 3 is 2.55 bits per heavy atom. The van der Waals surface area contributed by atoms with Gasteiger partial charge in [-0.15, -0.1) is 0 Å². The lowest BCUT2D eigenvalue weighted by atomic mass is 9.85. The molecule has 1 aliphatic carbocycles. The molecule has 5 rings (SSSR count). The third kappa shape index (κ3) is 6.90. The molecule has 1 saturated carbocycles. The summed E-state index contributed by atoms with van der Waals surface area (Å²) in [4.78, 5) is 33.9. The van der Waals surface area contributed by atoms with Gasteiger partial charge in [-0.3, -0.25) is 9.59 Å². The number of benzene rings is 1. The number of nitrogens with zero attached hydrogens (tertiary/aromatic N) is 2. The molecule has 0 spiro atoms. The van der Waals surface area contributed by atoms with E-state index in [0.29, 0.717) is 52.6 Å². The number of H-pyrrole nitrogens is 1. The Kier molecular flexibility index (Phi) is 10.0. The van der Waals surface area contributed by atoms with Gasteiger partial charge in [0.05, 0.1) is 35.5 Å². The Hall–Kier alpha value is -2.75. The number of methoxy groups -OCH3 is 1. The Balaban J connectivity index is 1.37. The number of aromatic nitrogens is 1. The zero-order valence-electron chi connectivity index (χ0n) is 25.3. The number of nitrogens with one attached hydrogen (secondary N) is 2. The largest absolute Gasteiger partial charge is 0.496 e. The fraction of sp³-hybridized carbons (Fsp3) is 0.625. The highest BCUT2D eigenvalue weighted by Gasteiger charge is 2.37. The molecule has 2 N–H and O–H groups in total. The van der Waals surface area contributed by atoms with Gasteiger partial charge in [-0.05, 0) is 70.7 Å². The standard InChI is InChI=1S/C32H45ClN4O5/c1-5-37(22-8-12-41-13-9-22)28-18-25(42-24-15-23(16-24)36-10-6-20(2)7-11-36)17-26(30(28)33)31(38)34-19-27-29(40-4)14-21(3)35-32(27)39/h14,17-18,20,22-24H,5-13,15-16,19H2,1-4H3,(H,34,38)(H,35,39)/t23-,24-. The van der Waals surface area contributed by atoms with Crippen LogP contribution in [0.25, 0.3) is 0 Å². The molecule has 0 unspecified atom stereocenters. The molecule has 1 aromatic heterocycles. The monoisotopic (exact) mass is 600 g/mol. The first kappa shape index (κ1) is 30.7. The summed E-state index contributed by atoms with van der Waals surface area (Å²) in [6.07, 6.45) is 6.40. The number of aryl methyl sites for hydroxylation is 1. The van der Waals surface area contributed by atoms with Gasteiger partial charge < -0.3 is 34.3 Å². The summed E-state index contributed by atoms with van der Waals surface area (Å²) in [5.74, 6) is 1.52. The number of hydrogen-bond donors (Lipinski definition) is 2. The van der Waals surface area contributed by atoms with Crippen LogP contribution in [-0.4, -0.2) is 73.9 Å². The van der Waals surface area contributed by atoms with E-state index in [1.807, 2.05) is 6.07 Å². The molecule has 2 aliphatic heterocycles. The lowest BCUT2D eigenvalue weighted by Crippen LogP contribution is -2.51. The average Bonchev–Trinajstić information content (AvgIpc) is 2.96. The molecular formula is C32H45ClN4O5. The molecule has 3 heterocycles. The summed E-state index contributed by atoms with van der Waals surface area (Å²) < 4.78 is 17.5. The minimum absolute atomic E-state index is 0.00454. The van der Waals surface area contributed by atoms with Crippen molar-refractivity contribution >= 4 is 23.2 Å². The molecule has 3 fully saturated rings. The van der Waals surface area contributed by atoms with E-state index in [2.05, 4.69) is 33.9 Å². The van der Waals surface area contributed by atoms with E-state index in [0.717, 1.165) is 43.8 Å². The van der Waals surface area contributed by atoms with E-state index >= 15 is 0 Å². The zero-order chi connectivity index (χ0) is 29.8. The molecule has 9 nitrogen and oxygen atoms in total. The Morgan fingerprint density at radius 1 is 1.17 bits per heavy atom. The summed E-state index contributed by atoms with van der Waals surface area (Å²) in [5, 5.41) is 3.27. The van der Waals surface area contributed by atoms with Crippen molar-refractivity contribution in [3.05, 3.63) is 50.4 Å². The first-order valence-corrected chi connectivity index (χ1v) is 15.8. The third-order valence-corrected chi connectivity index (χ3v) is 9.53. The summed E-state index contributed by atoms with van der Waals surface area (Å²) in [7, 11) is 1.51. The van der Waals surface area contributed by atoms with Crippen LogP contribution in [0.3, 0.4) is 0 Å². The van der Waals surface area contributed by atoms with E-state index in [9.17, 15) is 9.59 Å².